The maximum atomic E-state index is 11.8. The first-order valence-electron chi connectivity index (χ1n) is 5.20. The Bertz CT molecular complexity index is 536. The average molecular weight is 247 g/mol. The standard InChI is InChI=1S/C12H13N3OS/c1-8-2-3-9(17-8)6-15-12(16)10-7-14-5-4-11(10)13/h2-5,7H,6H2,1H3,(H2,13,14)(H,15,16). The first-order valence-corrected chi connectivity index (χ1v) is 6.01. The number of anilines is 1. The molecule has 2 rings (SSSR count). The number of carbonyl (C=O) groups excluding carboxylic acids is 1. The summed E-state index contributed by atoms with van der Waals surface area (Å²) in [5.74, 6) is -0.193. The predicted octanol–water partition coefficient (Wildman–Crippen LogP) is 1.96. The minimum absolute atomic E-state index is 0.193. The Morgan fingerprint density at radius 2 is 2.29 bits per heavy atom. The lowest BCUT2D eigenvalue weighted by molar-refractivity contribution is 0.0952. The van der Waals surface area contributed by atoms with Gasteiger partial charge in [0.2, 0.25) is 0 Å². The number of carbonyl (C=O) groups is 1. The lowest BCUT2D eigenvalue weighted by Gasteiger charge is -2.05. The maximum absolute atomic E-state index is 11.8. The fraction of sp³-hybridized carbons (Fsp3) is 0.167. The minimum atomic E-state index is -0.193. The Morgan fingerprint density at radius 3 is 2.94 bits per heavy atom. The maximum Gasteiger partial charge on any atom is 0.255 e. The Hall–Kier alpha value is -1.88. The number of aryl methyl sites for hydroxylation is 1. The van der Waals surface area contributed by atoms with Crippen molar-refractivity contribution in [2.45, 2.75) is 13.5 Å². The molecule has 0 radical (unpaired) electrons. The number of hydrogen-bond donors (Lipinski definition) is 2. The van der Waals surface area contributed by atoms with Crippen molar-refractivity contribution < 1.29 is 4.79 Å². The third kappa shape index (κ3) is 2.82. The van der Waals surface area contributed by atoms with Gasteiger partial charge in [-0.2, -0.15) is 0 Å². The molecule has 17 heavy (non-hydrogen) atoms. The molecule has 0 spiro atoms. The van der Waals surface area contributed by atoms with Crippen LogP contribution in [0.25, 0.3) is 0 Å². The number of nitrogen functional groups attached to an aromatic ring is 1. The van der Waals surface area contributed by atoms with Gasteiger partial charge in [0.15, 0.2) is 0 Å². The zero-order valence-electron chi connectivity index (χ0n) is 9.43. The molecule has 0 saturated carbocycles. The molecule has 0 atom stereocenters. The minimum Gasteiger partial charge on any atom is -0.398 e. The van der Waals surface area contributed by atoms with Crippen molar-refractivity contribution in [2.75, 3.05) is 5.73 Å². The number of thiophene rings is 1. The van der Waals surface area contributed by atoms with Crippen molar-refractivity contribution in [1.82, 2.24) is 10.3 Å². The molecule has 3 N–H and O–H groups in total. The first-order chi connectivity index (χ1) is 8.16. The van der Waals surface area contributed by atoms with Crippen LogP contribution in [0.15, 0.2) is 30.6 Å². The number of nitrogens with zero attached hydrogens (tertiary/aromatic N) is 1. The van der Waals surface area contributed by atoms with Crippen LogP contribution in [0.5, 0.6) is 0 Å². The van der Waals surface area contributed by atoms with Gasteiger partial charge in [0.25, 0.3) is 5.91 Å². The molecule has 88 valence electrons. The van der Waals surface area contributed by atoms with Gasteiger partial charge in [-0.15, -0.1) is 11.3 Å². The van der Waals surface area contributed by atoms with Crippen molar-refractivity contribution in [3.8, 4) is 0 Å². The molecule has 0 bridgehead atoms. The van der Waals surface area contributed by atoms with Gasteiger partial charge in [0.05, 0.1) is 12.1 Å². The van der Waals surface area contributed by atoms with Crippen molar-refractivity contribution in [1.29, 1.82) is 0 Å². The molecule has 0 aliphatic carbocycles. The number of amides is 1. The van der Waals surface area contributed by atoms with E-state index < -0.39 is 0 Å². The van der Waals surface area contributed by atoms with Crippen LogP contribution in [-0.4, -0.2) is 10.9 Å². The number of pyridine rings is 1. The third-order valence-corrected chi connectivity index (χ3v) is 3.32. The molecule has 2 aromatic rings. The summed E-state index contributed by atoms with van der Waals surface area (Å²) in [7, 11) is 0. The van der Waals surface area contributed by atoms with Crippen molar-refractivity contribution in [3.05, 3.63) is 45.9 Å². The summed E-state index contributed by atoms with van der Waals surface area (Å²) in [6.45, 7) is 2.56. The Kier molecular flexibility index (Phi) is 3.39. The summed E-state index contributed by atoms with van der Waals surface area (Å²) in [6.07, 6.45) is 3.04. The van der Waals surface area contributed by atoms with Crippen LogP contribution in [-0.2, 0) is 6.54 Å². The predicted molar refractivity (Wildman–Crippen MR) is 68.9 cm³/mol. The molecular formula is C12H13N3OS. The lowest BCUT2D eigenvalue weighted by atomic mass is 10.2. The number of hydrogen-bond acceptors (Lipinski definition) is 4. The smallest absolute Gasteiger partial charge is 0.255 e. The SMILES string of the molecule is Cc1ccc(CNC(=O)c2cnccc2N)s1. The van der Waals surface area contributed by atoms with E-state index in [4.69, 9.17) is 5.73 Å². The van der Waals surface area contributed by atoms with Gasteiger partial charge in [-0.25, -0.2) is 0 Å². The number of aromatic nitrogens is 1. The van der Waals surface area contributed by atoms with Crippen LogP contribution in [0.2, 0.25) is 0 Å². The quantitative estimate of drug-likeness (QED) is 0.871. The van der Waals surface area contributed by atoms with E-state index in [0.29, 0.717) is 17.8 Å². The zero-order chi connectivity index (χ0) is 12.3. The molecule has 0 aliphatic heterocycles. The molecule has 2 heterocycles. The summed E-state index contributed by atoms with van der Waals surface area (Å²) in [4.78, 5) is 18.1. The molecule has 5 heteroatoms. The van der Waals surface area contributed by atoms with Crippen molar-refractivity contribution >= 4 is 22.9 Å². The fourth-order valence-electron chi connectivity index (χ4n) is 1.44. The van der Waals surface area contributed by atoms with Crippen LogP contribution < -0.4 is 11.1 Å². The van der Waals surface area contributed by atoms with Gasteiger partial charge in [0, 0.05) is 27.8 Å². The Balaban J connectivity index is 2.01. The highest BCUT2D eigenvalue weighted by Crippen LogP contribution is 2.15. The van der Waals surface area contributed by atoms with E-state index in [0.717, 1.165) is 4.88 Å². The Morgan fingerprint density at radius 1 is 1.47 bits per heavy atom. The second-order valence-corrected chi connectivity index (χ2v) is 5.03. The highest BCUT2D eigenvalue weighted by atomic mass is 32.1. The van der Waals surface area contributed by atoms with Crippen LogP contribution in [0.3, 0.4) is 0 Å². The molecule has 0 saturated heterocycles. The highest BCUT2D eigenvalue weighted by molar-refractivity contribution is 7.11. The van der Waals surface area contributed by atoms with E-state index in [1.165, 1.54) is 11.1 Å². The van der Waals surface area contributed by atoms with Gasteiger partial charge < -0.3 is 11.1 Å². The number of rotatable bonds is 3. The van der Waals surface area contributed by atoms with Gasteiger partial charge in [-0.3, -0.25) is 9.78 Å². The van der Waals surface area contributed by atoms with Crippen LogP contribution in [0, 0.1) is 6.92 Å². The summed E-state index contributed by atoms with van der Waals surface area (Å²) in [5, 5.41) is 2.82. The summed E-state index contributed by atoms with van der Waals surface area (Å²) in [5.41, 5.74) is 6.56. The molecule has 0 aromatic carbocycles. The third-order valence-electron chi connectivity index (χ3n) is 2.32. The van der Waals surface area contributed by atoms with Crippen LogP contribution in [0.1, 0.15) is 20.1 Å². The Labute approximate surface area is 103 Å². The summed E-state index contributed by atoms with van der Waals surface area (Å²) < 4.78 is 0. The topological polar surface area (TPSA) is 68.0 Å². The lowest BCUT2D eigenvalue weighted by Crippen LogP contribution is -2.23. The van der Waals surface area contributed by atoms with Gasteiger partial charge in [-0.05, 0) is 25.1 Å². The van der Waals surface area contributed by atoms with E-state index in [-0.39, 0.29) is 5.91 Å². The fourth-order valence-corrected chi connectivity index (χ4v) is 2.27. The molecular weight excluding hydrogens is 234 g/mol. The highest BCUT2D eigenvalue weighted by Gasteiger charge is 2.09. The zero-order valence-corrected chi connectivity index (χ0v) is 10.3. The molecule has 0 aliphatic rings. The first kappa shape index (κ1) is 11.6. The second-order valence-electron chi connectivity index (χ2n) is 3.66. The van der Waals surface area contributed by atoms with Gasteiger partial charge in [0.1, 0.15) is 0 Å². The number of nitrogens with one attached hydrogen (secondary N) is 1. The van der Waals surface area contributed by atoms with Gasteiger partial charge in [-0.1, -0.05) is 0 Å². The van der Waals surface area contributed by atoms with E-state index in [1.54, 1.807) is 23.6 Å². The molecule has 0 fully saturated rings. The summed E-state index contributed by atoms with van der Waals surface area (Å²) in [6, 6.07) is 5.65. The van der Waals surface area contributed by atoms with E-state index in [9.17, 15) is 4.79 Å². The normalized spacial score (nSPS) is 10.2. The van der Waals surface area contributed by atoms with E-state index in [1.807, 2.05) is 19.1 Å². The number of nitrogens with two attached hydrogens (primary N) is 1. The average Bonchev–Trinajstić information content (AvgIpc) is 2.73. The summed E-state index contributed by atoms with van der Waals surface area (Å²) >= 11 is 1.67. The monoisotopic (exact) mass is 247 g/mol. The molecule has 0 unspecified atom stereocenters. The van der Waals surface area contributed by atoms with Gasteiger partial charge >= 0.3 is 0 Å². The van der Waals surface area contributed by atoms with Crippen molar-refractivity contribution in [3.63, 3.8) is 0 Å². The second kappa shape index (κ2) is 4.97. The van der Waals surface area contributed by atoms with E-state index in [2.05, 4.69) is 10.3 Å². The van der Waals surface area contributed by atoms with Crippen LogP contribution >= 0.6 is 11.3 Å². The van der Waals surface area contributed by atoms with Crippen LogP contribution in [0.4, 0.5) is 5.69 Å². The van der Waals surface area contributed by atoms with Crippen molar-refractivity contribution in [2.24, 2.45) is 0 Å². The molecule has 1 amide bonds. The molecule has 4 nitrogen and oxygen atoms in total. The van der Waals surface area contributed by atoms with E-state index >= 15 is 0 Å². The largest absolute Gasteiger partial charge is 0.398 e. The molecule has 2 aromatic heterocycles.